The molecule has 3 aliphatic heterocycles. The second-order valence-electron chi connectivity index (χ2n) is 2.22. The molecule has 3 rings (SSSR count). The van der Waals surface area contributed by atoms with Gasteiger partial charge in [-0.3, -0.25) is 18.1 Å². The topological polar surface area (TPSA) is 55.4 Å². The number of rotatable bonds is 0. The number of hydrogen-bond donors (Lipinski definition) is 0. The first-order chi connectivity index (χ1) is 6.45. The van der Waals surface area contributed by atoms with Gasteiger partial charge in [-0.15, -0.1) is 0 Å². The van der Waals surface area contributed by atoms with Gasteiger partial charge in [0.25, 0.3) is 0 Å². The van der Waals surface area contributed by atoms with E-state index >= 15 is 0 Å². The van der Waals surface area contributed by atoms with Crippen LogP contribution in [0.3, 0.4) is 0 Å². The van der Waals surface area contributed by atoms with Crippen LogP contribution in [0.1, 0.15) is 6.42 Å². The minimum Gasteiger partial charge on any atom is -0.312 e. The molecule has 3 saturated heterocycles. The van der Waals surface area contributed by atoms with Crippen LogP contribution in [0, 0.1) is 0 Å². The van der Waals surface area contributed by atoms with Gasteiger partial charge >= 0.3 is 17.2 Å². The standard InChI is InChI=1S/C5H10O6P2/c1-2-6-12-8-4-10-13(7-3-1)11-5-9-12/h1-5H2. The van der Waals surface area contributed by atoms with Gasteiger partial charge in [-0.1, -0.05) is 0 Å². The molecule has 3 heterocycles. The van der Waals surface area contributed by atoms with Crippen molar-refractivity contribution >= 4 is 17.2 Å². The largest absolute Gasteiger partial charge is 0.337 e. The highest BCUT2D eigenvalue weighted by Gasteiger charge is 2.23. The highest BCUT2D eigenvalue weighted by molar-refractivity contribution is 7.43. The molecule has 3 aliphatic rings. The zero-order chi connectivity index (χ0) is 8.93. The van der Waals surface area contributed by atoms with Crippen LogP contribution in [0.4, 0.5) is 0 Å². The lowest BCUT2D eigenvalue weighted by Gasteiger charge is -2.24. The molecular weight excluding hydrogens is 218 g/mol. The van der Waals surface area contributed by atoms with Crippen molar-refractivity contribution in [2.24, 2.45) is 0 Å². The van der Waals surface area contributed by atoms with Crippen LogP contribution in [0.15, 0.2) is 0 Å². The van der Waals surface area contributed by atoms with Gasteiger partial charge in [0, 0.05) is 0 Å². The lowest BCUT2D eigenvalue weighted by Crippen LogP contribution is -2.11. The van der Waals surface area contributed by atoms with Crippen molar-refractivity contribution in [3.63, 3.8) is 0 Å². The molecular formula is C5H10O6P2. The van der Waals surface area contributed by atoms with Gasteiger partial charge in [0.1, 0.15) is 0 Å². The summed E-state index contributed by atoms with van der Waals surface area (Å²) >= 11 is 0. The summed E-state index contributed by atoms with van der Waals surface area (Å²) in [6.45, 7) is 1.35. The molecule has 0 amide bonds. The Bertz CT molecular complexity index is 128. The maximum Gasteiger partial charge on any atom is 0.337 e. The molecule has 0 aromatic carbocycles. The third-order valence-corrected chi connectivity index (χ3v) is 3.37. The molecule has 0 radical (unpaired) electrons. The van der Waals surface area contributed by atoms with Crippen molar-refractivity contribution in [2.75, 3.05) is 26.8 Å². The molecule has 0 saturated carbocycles. The zero-order valence-electron chi connectivity index (χ0n) is 6.88. The summed E-state index contributed by atoms with van der Waals surface area (Å²) < 4.78 is 31.1. The molecule has 8 heteroatoms. The van der Waals surface area contributed by atoms with E-state index in [1.807, 2.05) is 0 Å². The second-order valence-corrected chi connectivity index (χ2v) is 4.66. The van der Waals surface area contributed by atoms with Gasteiger partial charge in [0.15, 0.2) is 13.6 Å². The van der Waals surface area contributed by atoms with Gasteiger partial charge in [-0.2, -0.15) is 0 Å². The fraction of sp³-hybridized carbons (Fsp3) is 1.00. The van der Waals surface area contributed by atoms with E-state index in [2.05, 4.69) is 0 Å². The smallest absolute Gasteiger partial charge is 0.312 e. The molecule has 6 nitrogen and oxygen atoms in total. The number of fused-ring (bicyclic) bond motifs is 8. The fourth-order valence-electron chi connectivity index (χ4n) is 0.780. The predicted molar refractivity (Wildman–Crippen MR) is 44.4 cm³/mol. The quantitative estimate of drug-likeness (QED) is 0.590. The molecule has 0 unspecified atom stereocenters. The van der Waals surface area contributed by atoms with E-state index in [9.17, 15) is 0 Å². The first-order valence-corrected chi connectivity index (χ1v) is 6.02. The maximum absolute atomic E-state index is 5.27. The summed E-state index contributed by atoms with van der Waals surface area (Å²) in [7, 11) is -2.60. The molecule has 2 bridgehead atoms. The molecule has 13 heavy (non-hydrogen) atoms. The molecule has 0 N–H and O–H groups in total. The average molecular weight is 228 g/mol. The minimum atomic E-state index is -1.30. The van der Waals surface area contributed by atoms with Crippen molar-refractivity contribution in [1.82, 2.24) is 0 Å². The van der Waals surface area contributed by atoms with Crippen LogP contribution in [0.2, 0.25) is 0 Å². The fourth-order valence-corrected chi connectivity index (χ4v) is 2.50. The summed E-state index contributed by atoms with van der Waals surface area (Å²) in [6, 6.07) is 0. The molecule has 3 fully saturated rings. The zero-order valence-corrected chi connectivity index (χ0v) is 8.67. The van der Waals surface area contributed by atoms with E-state index in [1.165, 1.54) is 0 Å². The van der Waals surface area contributed by atoms with Crippen LogP contribution in [-0.4, -0.2) is 26.8 Å². The Hall–Kier alpha value is 0.620. The van der Waals surface area contributed by atoms with Crippen molar-refractivity contribution in [3.8, 4) is 0 Å². The van der Waals surface area contributed by atoms with Crippen LogP contribution in [0.25, 0.3) is 0 Å². The van der Waals surface area contributed by atoms with Gasteiger partial charge in [0.2, 0.25) is 0 Å². The van der Waals surface area contributed by atoms with Gasteiger partial charge in [0.05, 0.1) is 13.2 Å². The van der Waals surface area contributed by atoms with Gasteiger partial charge in [-0.05, 0) is 6.42 Å². The van der Waals surface area contributed by atoms with E-state index < -0.39 is 17.2 Å². The van der Waals surface area contributed by atoms with E-state index in [0.717, 1.165) is 6.42 Å². The highest BCUT2D eigenvalue weighted by atomic mass is 31.2. The lowest BCUT2D eigenvalue weighted by molar-refractivity contribution is -0.0154. The van der Waals surface area contributed by atoms with E-state index in [-0.39, 0.29) is 13.6 Å². The van der Waals surface area contributed by atoms with Gasteiger partial charge in [-0.25, -0.2) is 0 Å². The van der Waals surface area contributed by atoms with Crippen molar-refractivity contribution in [1.29, 1.82) is 0 Å². The Kier molecular flexibility index (Phi) is 4.28. The normalized spacial score (nSPS) is 36.9. The Morgan fingerprint density at radius 1 is 0.615 bits per heavy atom. The third-order valence-electron chi connectivity index (χ3n) is 1.31. The Morgan fingerprint density at radius 2 is 1.08 bits per heavy atom. The first kappa shape index (κ1) is 10.1. The molecule has 0 atom stereocenters. The highest BCUT2D eigenvalue weighted by Crippen LogP contribution is 2.48. The van der Waals surface area contributed by atoms with E-state index in [0.29, 0.717) is 13.2 Å². The summed E-state index contributed by atoms with van der Waals surface area (Å²) in [5.74, 6) is 0. The molecule has 0 aromatic heterocycles. The monoisotopic (exact) mass is 228 g/mol. The summed E-state index contributed by atoms with van der Waals surface area (Å²) in [4.78, 5) is 0. The van der Waals surface area contributed by atoms with Crippen molar-refractivity contribution in [2.45, 2.75) is 6.42 Å². The predicted octanol–water partition coefficient (Wildman–Crippen LogP) is 1.87. The summed E-state index contributed by atoms with van der Waals surface area (Å²) in [5, 5.41) is 0. The van der Waals surface area contributed by atoms with E-state index in [1.54, 1.807) is 0 Å². The Labute approximate surface area is 78.4 Å². The first-order valence-electron chi connectivity index (χ1n) is 3.83. The third kappa shape index (κ3) is 3.35. The average Bonchev–Trinajstić information content (AvgIpc) is 2.14. The molecule has 0 spiro atoms. The molecule has 76 valence electrons. The molecule has 0 aromatic rings. The maximum atomic E-state index is 5.27. The Balaban J connectivity index is 1.92. The Morgan fingerprint density at radius 3 is 1.54 bits per heavy atom. The number of hydrogen-bond acceptors (Lipinski definition) is 6. The van der Waals surface area contributed by atoms with Gasteiger partial charge < -0.3 is 9.05 Å². The summed E-state index contributed by atoms with van der Waals surface area (Å²) in [6.07, 6.45) is 0.789. The van der Waals surface area contributed by atoms with Crippen molar-refractivity contribution < 1.29 is 27.1 Å². The van der Waals surface area contributed by atoms with Crippen LogP contribution >= 0.6 is 17.2 Å². The van der Waals surface area contributed by atoms with Crippen molar-refractivity contribution in [3.05, 3.63) is 0 Å². The SMILES string of the molecule is C1COP2OCOP(OC1)OCO2. The minimum absolute atomic E-state index is 0.0947. The van der Waals surface area contributed by atoms with Crippen LogP contribution in [-0.2, 0) is 27.1 Å². The van der Waals surface area contributed by atoms with E-state index in [4.69, 9.17) is 27.1 Å². The summed E-state index contributed by atoms with van der Waals surface area (Å²) in [5.41, 5.74) is 0. The van der Waals surface area contributed by atoms with Crippen LogP contribution in [0.5, 0.6) is 0 Å². The second kappa shape index (κ2) is 5.49. The lowest BCUT2D eigenvalue weighted by atomic mass is 10.5. The molecule has 0 aliphatic carbocycles. The van der Waals surface area contributed by atoms with Crippen LogP contribution < -0.4 is 0 Å².